The molecule has 3 aromatic rings. The van der Waals surface area contributed by atoms with Crippen molar-refractivity contribution < 1.29 is 4.39 Å². The third kappa shape index (κ3) is 3.66. The predicted molar refractivity (Wildman–Crippen MR) is 108 cm³/mol. The Labute approximate surface area is 167 Å². The second-order valence-electron chi connectivity index (χ2n) is 7.28. The molecule has 29 heavy (non-hydrogen) atoms. The van der Waals surface area contributed by atoms with Gasteiger partial charge in [-0.2, -0.15) is 0 Å². The Hall–Kier alpha value is -3.04. The number of halogens is 1. The van der Waals surface area contributed by atoms with Gasteiger partial charge in [0.25, 0.3) is 5.56 Å². The summed E-state index contributed by atoms with van der Waals surface area (Å²) in [5.74, 6) is 1.03. The number of nitrogens with one attached hydrogen (secondary N) is 4. The Balaban J connectivity index is 1.55. The van der Waals surface area contributed by atoms with Crippen LogP contribution in [0.25, 0.3) is 5.82 Å². The van der Waals surface area contributed by atoms with Crippen molar-refractivity contribution in [1.82, 2.24) is 30.6 Å². The first-order chi connectivity index (χ1) is 14.0. The molecule has 0 spiro atoms. The molecule has 1 aromatic carbocycles. The highest BCUT2D eigenvalue weighted by Crippen LogP contribution is 2.31. The molecule has 152 valence electrons. The van der Waals surface area contributed by atoms with E-state index in [1.54, 1.807) is 25.1 Å². The van der Waals surface area contributed by atoms with E-state index in [-0.39, 0.29) is 29.5 Å². The second-order valence-corrected chi connectivity index (χ2v) is 7.28. The Morgan fingerprint density at radius 1 is 1.17 bits per heavy atom. The summed E-state index contributed by atoms with van der Waals surface area (Å²) >= 11 is 0. The first kappa shape index (κ1) is 19.3. The Morgan fingerprint density at radius 2 is 1.93 bits per heavy atom. The number of nitrogens with zero attached hydrogens (tertiary/aromatic N) is 3. The Kier molecular flexibility index (Phi) is 5.16. The molecular formula is C20H24FN7O. The molecule has 3 atom stereocenters. The number of hydrazine groups is 1. The standard InChI is InChI=1S/C20H24FN7O/c1-4-15-18(13-5-7-14(21)8-6-13)25-26-19(15)24-16-9-17(23-10-22-16)28-20(29)11(2)12(3)27-28/h5-10,15,18-19,25-27H,4H2,1-3H3,(H,22,23,24). The largest absolute Gasteiger partial charge is 0.353 e. The van der Waals surface area contributed by atoms with Crippen molar-refractivity contribution in [2.45, 2.75) is 39.4 Å². The van der Waals surface area contributed by atoms with E-state index in [1.807, 2.05) is 6.92 Å². The topological polar surface area (TPSA) is 99.7 Å². The molecule has 0 aliphatic carbocycles. The van der Waals surface area contributed by atoms with Crippen molar-refractivity contribution in [2.75, 3.05) is 5.32 Å². The maximum Gasteiger partial charge on any atom is 0.275 e. The molecule has 8 nitrogen and oxygen atoms in total. The zero-order chi connectivity index (χ0) is 20.5. The minimum absolute atomic E-state index is 0.0377. The van der Waals surface area contributed by atoms with Crippen LogP contribution in [0.4, 0.5) is 10.2 Å². The number of anilines is 1. The average molecular weight is 397 g/mol. The van der Waals surface area contributed by atoms with Gasteiger partial charge in [-0.3, -0.25) is 9.89 Å². The van der Waals surface area contributed by atoms with E-state index in [2.05, 4.69) is 38.2 Å². The monoisotopic (exact) mass is 397 g/mol. The van der Waals surface area contributed by atoms with E-state index >= 15 is 0 Å². The van der Waals surface area contributed by atoms with E-state index in [1.165, 1.54) is 23.1 Å². The Morgan fingerprint density at radius 3 is 2.59 bits per heavy atom. The van der Waals surface area contributed by atoms with E-state index in [0.717, 1.165) is 17.7 Å². The van der Waals surface area contributed by atoms with Crippen LogP contribution in [0.2, 0.25) is 0 Å². The molecular weight excluding hydrogens is 373 g/mol. The fraction of sp³-hybridized carbons (Fsp3) is 0.350. The van der Waals surface area contributed by atoms with E-state index in [9.17, 15) is 9.18 Å². The number of aromatic nitrogens is 4. The van der Waals surface area contributed by atoms with Gasteiger partial charge in [0.05, 0.1) is 12.2 Å². The molecule has 1 aliphatic heterocycles. The SMILES string of the molecule is CCC1C(Nc2cc(-n3[nH]c(C)c(C)c3=O)ncn2)NNC1c1ccc(F)cc1. The van der Waals surface area contributed by atoms with Gasteiger partial charge in [0, 0.05) is 23.2 Å². The molecule has 4 rings (SSSR count). The molecule has 4 N–H and O–H groups in total. The van der Waals surface area contributed by atoms with Crippen molar-refractivity contribution in [3.8, 4) is 5.82 Å². The zero-order valence-corrected chi connectivity index (χ0v) is 16.5. The highest BCUT2D eigenvalue weighted by Gasteiger charge is 2.35. The van der Waals surface area contributed by atoms with Crippen molar-refractivity contribution in [1.29, 1.82) is 0 Å². The molecule has 1 fully saturated rings. The lowest BCUT2D eigenvalue weighted by Crippen LogP contribution is -2.38. The summed E-state index contributed by atoms with van der Waals surface area (Å²) in [6.07, 6.45) is 2.23. The van der Waals surface area contributed by atoms with Gasteiger partial charge in [0.1, 0.15) is 18.0 Å². The van der Waals surface area contributed by atoms with E-state index < -0.39 is 0 Å². The van der Waals surface area contributed by atoms with Crippen LogP contribution in [0.5, 0.6) is 0 Å². The van der Waals surface area contributed by atoms with Crippen molar-refractivity contribution >= 4 is 5.82 Å². The number of aryl methyl sites for hydroxylation is 1. The zero-order valence-electron chi connectivity index (χ0n) is 16.5. The lowest BCUT2D eigenvalue weighted by Gasteiger charge is -2.23. The molecule has 1 saturated heterocycles. The number of H-pyrrole nitrogens is 1. The fourth-order valence-electron chi connectivity index (χ4n) is 3.70. The van der Waals surface area contributed by atoms with Gasteiger partial charge >= 0.3 is 0 Å². The number of benzene rings is 1. The molecule has 2 aromatic heterocycles. The maximum atomic E-state index is 13.3. The third-order valence-corrected chi connectivity index (χ3v) is 5.50. The highest BCUT2D eigenvalue weighted by molar-refractivity contribution is 5.42. The van der Waals surface area contributed by atoms with Gasteiger partial charge in [0.2, 0.25) is 0 Å². The number of rotatable bonds is 5. The number of aromatic amines is 1. The summed E-state index contributed by atoms with van der Waals surface area (Å²) in [6.45, 7) is 5.74. The minimum atomic E-state index is -0.249. The van der Waals surface area contributed by atoms with E-state index in [0.29, 0.717) is 17.2 Å². The molecule has 0 saturated carbocycles. The summed E-state index contributed by atoms with van der Waals surface area (Å²) in [6, 6.07) is 8.31. The van der Waals surface area contributed by atoms with Crippen molar-refractivity contribution in [2.24, 2.45) is 5.92 Å². The number of hydrogen-bond acceptors (Lipinski definition) is 6. The van der Waals surface area contributed by atoms with Crippen molar-refractivity contribution in [3.05, 3.63) is 69.7 Å². The van der Waals surface area contributed by atoms with Crippen LogP contribution >= 0.6 is 0 Å². The average Bonchev–Trinajstić information content (AvgIpc) is 3.24. The molecule has 9 heteroatoms. The summed E-state index contributed by atoms with van der Waals surface area (Å²) in [5, 5.41) is 6.41. The van der Waals surface area contributed by atoms with Gasteiger partial charge < -0.3 is 5.32 Å². The fourth-order valence-corrected chi connectivity index (χ4v) is 3.70. The summed E-state index contributed by atoms with van der Waals surface area (Å²) in [7, 11) is 0. The van der Waals surface area contributed by atoms with Crippen LogP contribution in [0, 0.1) is 25.6 Å². The molecule has 0 bridgehead atoms. The summed E-state index contributed by atoms with van der Waals surface area (Å²) in [5.41, 5.74) is 8.90. The number of hydrogen-bond donors (Lipinski definition) is 4. The maximum absolute atomic E-state index is 13.3. The van der Waals surface area contributed by atoms with Crippen LogP contribution in [0.1, 0.15) is 36.2 Å². The highest BCUT2D eigenvalue weighted by atomic mass is 19.1. The van der Waals surface area contributed by atoms with Crippen LogP contribution in [0.3, 0.4) is 0 Å². The molecule has 3 unspecified atom stereocenters. The predicted octanol–water partition coefficient (Wildman–Crippen LogP) is 2.32. The van der Waals surface area contributed by atoms with Crippen LogP contribution < -0.4 is 21.7 Å². The van der Waals surface area contributed by atoms with Crippen LogP contribution in [0.15, 0.2) is 41.5 Å². The molecule has 0 amide bonds. The first-order valence-corrected chi connectivity index (χ1v) is 9.61. The normalized spacial score (nSPS) is 21.4. The summed E-state index contributed by atoms with van der Waals surface area (Å²) < 4.78 is 14.7. The van der Waals surface area contributed by atoms with E-state index in [4.69, 9.17) is 0 Å². The second kappa shape index (κ2) is 7.76. The molecule has 1 aliphatic rings. The first-order valence-electron chi connectivity index (χ1n) is 9.61. The van der Waals surface area contributed by atoms with Crippen molar-refractivity contribution in [3.63, 3.8) is 0 Å². The smallest absolute Gasteiger partial charge is 0.275 e. The minimum Gasteiger partial charge on any atom is -0.353 e. The quantitative estimate of drug-likeness (QED) is 0.527. The lowest BCUT2D eigenvalue weighted by molar-refractivity contribution is 0.425. The molecule has 0 radical (unpaired) electrons. The summed E-state index contributed by atoms with van der Waals surface area (Å²) in [4.78, 5) is 20.9. The lowest BCUT2D eigenvalue weighted by atomic mass is 9.90. The van der Waals surface area contributed by atoms with Gasteiger partial charge in [-0.1, -0.05) is 19.1 Å². The van der Waals surface area contributed by atoms with Gasteiger partial charge in [-0.25, -0.2) is 29.9 Å². The van der Waals surface area contributed by atoms with Crippen LogP contribution in [-0.2, 0) is 0 Å². The van der Waals surface area contributed by atoms with Gasteiger partial charge in [-0.05, 0) is 38.0 Å². The third-order valence-electron chi connectivity index (χ3n) is 5.50. The van der Waals surface area contributed by atoms with Gasteiger partial charge in [0.15, 0.2) is 5.82 Å². The Bertz CT molecular complexity index is 1060. The van der Waals surface area contributed by atoms with Crippen LogP contribution in [-0.4, -0.2) is 25.9 Å². The van der Waals surface area contributed by atoms with Gasteiger partial charge in [-0.15, -0.1) is 0 Å². The molecule has 3 heterocycles.